The summed E-state index contributed by atoms with van der Waals surface area (Å²) in [4.78, 5) is 35.5. The summed E-state index contributed by atoms with van der Waals surface area (Å²) in [6.45, 7) is 8.38. The van der Waals surface area contributed by atoms with Gasteiger partial charge in [-0.1, -0.05) is 32.0 Å². The van der Waals surface area contributed by atoms with E-state index in [1.165, 1.54) is 0 Å². The average molecular weight is 412 g/mol. The molecule has 0 aliphatic heterocycles. The molecule has 2 aromatic heterocycles. The Kier molecular flexibility index (Phi) is 4.63. The maximum Gasteiger partial charge on any atom is 0.197 e. The fraction of sp³-hybridized carbons (Fsp3) is 0.231. The molecule has 2 heterocycles. The van der Waals surface area contributed by atoms with E-state index in [0.717, 1.165) is 29.7 Å². The number of rotatable bonds is 4. The first-order valence-corrected chi connectivity index (χ1v) is 10.8. The Hall–Kier alpha value is -3.44. The van der Waals surface area contributed by atoms with Gasteiger partial charge in [0.15, 0.2) is 10.9 Å². The van der Waals surface area contributed by atoms with Gasteiger partial charge in [-0.25, -0.2) is 0 Å². The lowest BCUT2D eigenvalue weighted by atomic mass is 10.0. The van der Waals surface area contributed by atoms with E-state index in [1.54, 1.807) is 12.1 Å². The second-order valence-corrected chi connectivity index (χ2v) is 8.10. The molecule has 156 valence electrons. The number of nitrogens with zero attached hydrogens (tertiary/aromatic N) is 1. The Morgan fingerprint density at radius 3 is 1.90 bits per heavy atom. The van der Waals surface area contributed by atoms with Crippen LogP contribution in [0.5, 0.6) is 0 Å². The molecule has 5 heteroatoms. The molecule has 1 unspecified atom stereocenters. The van der Waals surface area contributed by atoms with Crippen LogP contribution in [-0.2, 0) is 0 Å². The van der Waals surface area contributed by atoms with Crippen molar-refractivity contribution in [2.45, 2.75) is 26.8 Å². The van der Waals surface area contributed by atoms with Gasteiger partial charge in [-0.15, -0.1) is 0 Å². The maximum absolute atomic E-state index is 13.4. The summed E-state index contributed by atoms with van der Waals surface area (Å²) in [6.07, 6.45) is 0. The molecular formula is C26H25N3O2. The van der Waals surface area contributed by atoms with E-state index in [4.69, 9.17) is 0 Å². The molecule has 0 saturated carbocycles. The SMILES string of the molecule is CCN(CC)C(C)c1ccc2[nH]c3cc4c(=O)c5ccccc5[nH]c4cc3c(=O)c2c1. The number of fused-ring (bicyclic) bond motifs is 4. The van der Waals surface area contributed by atoms with Gasteiger partial charge in [0.05, 0.1) is 11.0 Å². The van der Waals surface area contributed by atoms with E-state index in [1.807, 2.05) is 36.4 Å². The van der Waals surface area contributed by atoms with E-state index in [-0.39, 0.29) is 16.9 Å². The van der Waals surface area contributed by atoms with Gasteiger partial charge in [0.25, 0.3) is 0 Å². The zero-order valence-electron chi connectivity index (χ0n) is 18.0. The van der Waals surface area contributed by atoms with Gasteiger partial charge in [-0.2, -0.15) is 0 Å². The van der Waals surface area contributed by atoms with Gasteiger partial charge >= 0.3 is 0 Å². The summed E-state index contributed by atoms with van der Waals surface area (Å²) < 4.78 is 0. The molecule has 0 spiro atoms. The number of aromatic amines is 2. The number of aromatic nitrogens is 2. The van der Waals surface area contributed by atoms with Gasteiger partial charge < -0.3 is 9.97 Å². The highest BCUT2D eigenvalue weighted by Crippen LogP contribution is 2.25. The molecule has 31 heavy (non-hydrogen) atoms. The van der Waals surface area contributed by atoms with Crippen molar-refractivity contribution < 1.29 is 0 Å². The number of hydrogen-bond acceptors (Lipinski definition) is 3. The Labute approximate surface area is 179 Å². The third kappa shape index (κ3) is 3.04. The topological polar surface area (TPSA) is 69.0 Å². The third-order valence-corrected chi connectivity index (χ3v) is 6.49. The predicted octanol–water partition coefficient (Wildman–Crippen LogP) is 5.08. The zero-order valence-corrected chi connectivity index (χ0v) is 18.0. The number of H-pyrrole nitrogens is 2. The van der Waals surface area contributed by atoms with Crippen molar-refractivity contribution in [2.75, 3.05) is 13.1 Å². The summed E-state index contributed by atoms with van der Waals surface area (Å²) >= 11 is 0. The van der Waals surface area contributed by atoms with Crippen molar-refractivity contribution >= 4 is 43.6 Å². The lowest BCUT2D eigenvalue weighted by Gasteiger charge is -2.26. The molecule has 0 fully saturated rings. The van der Waals surface area contributed by atoms with E-state index in [9.17, 15) is 9.59 Å². The van der Waals surface area contributed by atoms with Gasteiger partial charge in [0.1, 0.15) is 0 Å². The second kappa shape index (κ2) is 7.36. The van der Waals surface area contributed by atoms with Crippen LogP contribution in [0.4, 0.5) is 0 Å². The fourth-order valence-corrected chi connectivity index (χ4v) is 4.65. The van der Waals surface area contributed by atoms with Crippen LogP contribution in [0.1, 0.15) is 32.4 Å². The Morgan fingerprint density at radius 1 is 0.710 bits per heavy atom. The molecule has 0 saturated heterocycles. The van der Waals surface area contributed by atoms with Crippen LogP contribution in [0, 0.1) is 0 Å². The molecule has 0 radical (unpaired) electrons. The van der Waals surface area contributed by atoms with Gasteiger partial charge in [-0.3, -0.25) is 14.5 Å². The van der Waals surface area contributed by atoms with Crippen molar-refractivity contribution in [3.8, 4) is 0 Å². The number of benzene rings is 3. The second-order valence-electron chi connectivity index (χ2n) is 8.10. The van der Waals surface area contributed by atoms with Crippen LogP contribution in [-0.4, -0.2) is 28.0 Å². The first kappa shape index (κ1) is 19.5. The van der Waals surface area contributed by atoms with Gasteiger partial charge in [-0.05, 0) is 62.0 Å². The van der Waals surface area contributed by atoms with Crippen LogP contribution in [0.2, 0.25) is 0 Å². The van der Waals surface area contributed by atoms with Crippen LogP contribution in [0.15, 0.2) is 64.2 Å². The number of para-hydroxylation sites is 1. The molecular weight excluding hydrogens is 386 g/mol. The van der Waals surface area contributed by atoms with Gasteiger partial charge in [0.2, 0.25) is 0 Å². The smallest absolute Gasteiger partial charge is 0.197 e. The van der Waals surface area contributed by atoms with E-state index >= 15 is 0 Å². The molecule has 0 aliphatic carbocycles. The highest BCUT2D eigenvalue weighted by Gasteiger charge is 2.15. The first-order valence-electron chi connectivity index (χ1n) is 10.8. The first-order chi connectivity index (χ1) is 15.0. The maximum atomic E-state index is 13.4. The van der Waals surface area contributed by atoms with Crippen molar-refractivity contribution in [3.05, 3.63) is 80.6 Å². The summed E-state index contributed by atoms with van der Waals surface area (Å²) in [7, 11) is 0. The Bertz CT molecular complexity index is 1580. The molecule has 1 atom stereocenters. The van der Waals surface area contributed by atoms with Crippen molar-refractivity contribution in [1.82, 2.24) is 14.9 Å². The quantitative estimate of drug-likeness (QED) is 0.405. The van der Waals surface area contributed by atoms with Gasteiger partial charge in [0, 0.05) is 38.6 Å². The summed E-state index contributed by atoms with van der Waals surface area (Å²) in [5.41, 5.74) is 3.98. The average Bonchev–Trinajstić information content (AvgIpc) is 2.79. The molecule has 0 aliphatic rings. The fourth-order valence-electron chi connectivity index (χ4n) is 4.65. The number of pyridine rings is 2. The van der Waals surface area contributed by atoms with E-state index in [0.29, 0.717) is 32.6 Å². The van der Waals surface area contributed by atoms with Crippen LogP contribution >= 0.6 is 0 Å². The minimum Gasteiger partial charge on any atom is -0.354 e. The predicted molar refractivity (Wildman–Crippen MR) is 129 cm³/mol. The molecule has 3 aromatic carbocycles. The highest BCUT2D eigenvalue weighted by molar-refractivity contribution is 6.02. The minimum atomic E-state index is -0.0319. The summed E-state index contributed by atoms with van der Waals surface area (Å²) in [6, 6.07) is 17.3. The molecule has 5 aromatic rings. The third-order valence-electron chi connectivity index (χ3n) is 6.49. The van der Waals surface area contributed by atoms with Crippen molar-refractivity contribution in [3.63, 3.8) is 0 Å². The molecule has 5 rings (SSSR count). The summed E-state index contributed by atoms with van der Waals surface area (Å²) in [5.74, 6) is 0. The van der Waals surface area contributed by atoms with Crippen LogP contribution in [0.3, 0.4) is 0 Å². The molecule has 2 N–H and O–H groups in total. The Balaban J connectivity index is 1.78. The standard InChI is InChI=1S/C26H25N3O2/c1-4-29(5-2)15(3)16-10-11-22-18(12-16)26(31)20-14-23-19(13-24(20)28-22)25(30)17-8-6-7-9-21(17)27-23/h6-15H,4-5H2,1-3H3,(H,27,30)(H,28,31). The normalized spacial score (nSPS) is 13.0. The van der Waals surface area contributed by atoms with Crippen LogP contribution in [0.25, 0.3) is 43.6 Å². The van der Waals surface area contributed by atoms with Crippen LogP contribution < -0.4 is 10.9 Å². The van der Waals surface area contributed by atoms with E-state index in [2.05, 4.69) is 41.7 Å². The number of hydrogen-bond donors (Lipinski definition) is 2. The minimum absolute atomic E-state index is 0.0201. The van der Waals surface area contributed by atoms with E-state index < -0.39 is 0 Å². The lowest BCUT2D eigenvalue weighted by Crippen LogP contribution is -2.26. The summed E-state index contributed by atoms with van der Waals surface area (Å²) in [5, 5.41) is 2.48. The van der Waals surface area contributed by atoms with Crippen molar-refractivity contribution in [1.29, 1.82) is 0 Å². The molecule has 0 bridgehead atoms. The van der Waals surface area contributed by atoms with Crippen molar-refractivity contribution in [2.24, 2.45) is 0 Å². The lowest BCUT2D eigenvalue weighted by molar-refractivity contribution is 0.234. The monoisotopic (exact) mass is 411 g/mol. The molecule has 5 nitrogen and oxygen atoms in total. The Morgan fingerprint density at radius 2 is 1.26 bits per heavy atom. The molecule has 0 amide bonds. The highest BCUT2D eigenvalue weighted by atomic mass is 16.1. The zero-order chi connectivity index (χ0) is 21.7. The number of nitrogens with one attached hydrogen (secondary N) is 2. The largest absolute Gasteiger partial charge is 0.354 e.